The van der Waals surface area contributed by atoms with Gasteiger partial charge in [0.05, 0.1) is 31.3 Å². The van der Waals surface area contributed by atoms with E-state index in [2.05, 4.69) is 10.00 Å². The summed E-state index contributed by atoms with van der Waals surface area (Å²) in [4.78, 5) is 26.8. The third-order valence-corrected chi connectivity index (χ3v) is 6.75. The van der Waals surface area contributed by atoms with Crippen LogP contribution in [0.5, 0.6) is 0 Å². The number of carbonyl (C=O) groups is 2. The monoisotopic (exact) mass is 471 g/mol. The molecule has 0 bridgehead atoms. The summed E-state index contributed by atoms with van der Waals surface area (Å²) in [5.41, 5.74) is 2.27. The van der Waals surface area contributed by atoms with Gasteiger partial charge in [0, 0.05) is 36.0 Å². The van der Waals surface area contributed by atoms with Crippen molar-refractivity contribution in [2.75, 3.05) is 19.7 Å². The lowest BCUT2D eigenvalue weighted by Crippen LogP contribution is -2.42. The minimum Gasteiger partial charge on any atom is -0.466 e. The highest BCUT2D eigenvalue weighted by Crippen LogP contribution is 2.39. The Balaban J connectivity index is 1.51. The van der Waals surface area contributed by atoms with Crippen molar-refractivity contribution in [3.05, 3.63) is 59.2 Å². The fourth-order valence-electron chi connectivity index (χ4n) is 4.28. The van der Waals surface area contributed by atoms with E-state index in [0.29, 0.717) is 31.8 Å². The molecule has 2 aromatic rings. The van der Waals surface area contributed by atoms with E-state index in [0.717, 1.165) is 30.5 Å². The molecule has 2 aliphatic rings. The Morgan fingerprint density at radius 3 is 2.79 bits per heavy atom. The first-order chi connectivity index (χ1) is 16.0. The van der Waals surface area contributed by atoms with Gasteiger partial charge in [0.25, 0.3) is 0 Å². The summed E-state index contributed by atoms with van der Waals surface area (Å²) < 4.78 is 21.4. The third-order valence-electron chi connectivity index (χ3n) is 6.16. The van der Waals surface area contributed by atoms with Crippen molar-refractivity contribution < 1.29 is 18.7 Å². The molecule has 8 heteroatoms. The van der Waals surface area contributed by atoms with Crippen LogP contribution in [0.4, 0.5) is 4.39 Å². The van der Waals surface area contributed by atoms with Gasteiger partial charge in [-0.2, -0.15) is 17.7 Å². The molecule has 0 spiro atoms. The number of hydrogen-bond donors (Lipinski definition) is 1. The number of aryl methyl sites for hydroxylation is 1. The van der Waals surface area contributed by atoms with E-state index in [4.69, 9.17) is 17.4 Å². The normalized spacial score (nSPS) is 21.2. The molecular formula is C25H30FN3O3S. The Labute approximate surface area is 199 Å². The van der Waals surface area contributed by atoms with E-state index in [-0.39, 0.29) is 35.2 Å². The second-order valence-electron chi connectivity index (χ2n) is 8.65. The maximum Gasteiger partial charge on any atom is 0.307 e. The van der Waals surface area contributed by atoms with E-state index >= 15 is 0 Å². The molecule has 1 aromatic carbocycles. The van der Waals surface area contributed by atoms with E-state index in [1.54, 1.807) is 29.8 Å². The number of hydrogen-bond acceptors (Lipinski definition) is 6. The molecule has 1 saturated carbocycles. The molecule has 176 valence electrons. The third kappa shape index (κ3) is 5.92. The smallest absolute Gasteiger partial charge is 0.307 e. The number of piperidine rings is 1. The summed E-state index contributed by atoms with van der Waals surface area (Å²) >= 11 is 4.76. The lowest BCUT2D eigenvalue weighted by atomic mass is 9.93. The maximum atomic E-state index is 14.7. The van der Waals surface area contributed by atoms with Gasteiger partial charge < -0.3 is 4.74 Å². The zero-order chi connectivity index (χ0) is 23.4. The number of ketones is 1. The summed E-state index contributed by atoms with van der Waals surface area (Å²) in [5, 5.41) is 4.58. The number of aromatic nitrogens is 2. The van der Waals surface area contributed by atoms with Crippen molar-refractivity contribution in [3.63, 3.8) is 0 Å². The topological polar surface area (TPSA) is 64.4 Å². The molecule has 2 fully saturated rings. The number of halogens is 1. The predicted octanol–water partition coefficient (Wildman–Crippen LogP) is 4.08. The fraction of sp³-hybridized carbons (Fsp3) is 0.480. The van der Waals surface area contributed by atoms with Crippen molar-refractivity contribution in [2.45, 2.75) is 50.4 Å². The Morgan fingerprint density at radius 2 is 2.06 bits per heavy atom. The summed E-state index contributed by atoms with van der Waals surface area (Å²) in [6.45, 7) is 3.81. The molecule has 0 N–H and O–H groups in total. The number of esters is 1. The highest BCUT2D eigenvalue weighted by molar-refractivity contribution is 7.81. The fourth-order valence-corrected chi connectivity index (χ4v) is 4.55. The molecule has 1 saturated heterocycles. The van der Waals surface area contributed by atoms with Crippen LogP contribution in [-0.4, -0.2) is 51.4 Å². The van der Waals surface area contributed by atoms with Crippen LogP contribution in [0, 0.1) is 11.7 Å². The first kappa shape index (κ1) is 23.7. The first-order valence-electron chi connectivity index (χ1n) is 11.6. The van der Waals surface area contributed by atoms with Crippen LogP contribution in [0.1, 0.15) is 49.9 Å². The molecule has 2 atom stereocenters. The summed E-state index contributed by atoms with van der Waals surface area (Å²) in [6.07, 6.45) is 6.63. The number of benzene rings is 1. The second kappa shape index (κ2) is 10.7. The molecule has 0 amide bonds. The zero-order valence-electron chi connectivity index (χ0n) is 18.8. The van der Waals surface area contributed by atoms with Gasteiger partial charge in [-0.1, -0.05) is 18.2 Å². The quantitative estimate of drug-likeness (QED) is 0.441. The standard InChI is InChI=1S/C25H30FN3O3S/c1-2-32-23(30)11-14-29-13-9-19(27-29)15-18-16-28(12-10-22(18)33)24(25(31)17-7-8-17)20-5-3-4-6-21(20)26/h3-6,9,13,15,17,22,24,33H,2,7-8,10-12,14,16H2,1H3/t22?,24-/m1/s1. The number of carbonyl (C=O) groups excluding carboxylic acids is 2. The van der Waals surface area contributed by atoms with Crippen molar-refractivity contribution in [1.29, 1.82) is 0 Å². The number of rotatable bonds is 9. The summed E-state index contributed by atoms with van der Waals surface area (Å²) in [5.74, 6) is -0.438. The molecule has 1 unspecified atom stereocenters. The Morgan fingerprint density at radius 1 is 1.27 bits per heavy atom. The van der Waals surface area contributed by atoms with Crippen molar-refractivity contribution in [3.8, 4) is 0 Å². The van der Waals surface area contributed by atoms with Crippen LogP contribution in [0.3, 0.4) is 0 Å². The van der Waals surface area contributed by atoms with Crippen LogP contribution in [0.15, 0.2) is 42.1 Å². The average molecular weight is 472 g/mol. The van der Waals surface area contributed by atoms with Crippen LogP contribution in [-0.2, 0) is 20.9 Å². The lowest BCUT2D eigenvalue weighted by Gasteiger charge is -2.37. The van der Waals surface area contributed by atoms with Gasteiger partial charge in [0.15, 0.2) is 5.78 Å². The minimum atomic E-state index is -0.579. The van der Waals surface area contributed by atoms with Crippen LogP contribution in [0.2, 0.25) is 0 Å². The average Bonchev–Trinajstić information content (AvgIpc) is 3.56. The van der Waals surface area contributed by atoms with Gasteiger partial charge in [-0.25, -0.2) is 4.39 Å². The minimum absolute atomic E-state index is 0.0332. The van der Waals surface area contributed by atoms with Gasteiger partial charge in [-0.15, -0.1) is 0 Å². The van der Waals surface area contributed by atoms with Gasteiger partial charge in [-0.3, -0.25) is 19.2 Å². The maximum absolute atomic E-state index is 14.7. The number of thiol groups is 1. The molecule has 1 aromatic heterocycles. The zero-order valence-corrected chi connectivity index (χ0v) is 19.7. The predicted molar refractivity (Wildman–Crippen MR) is 127 cm³/mol. The van der Waals surface area contributed by atoms with Gasteiger partial charge in [0.2, 0.25) is 0 Å². The Bertz CT molecular complexity index is 1030. The number of Topliss-reactive ketones (excluding diaryl/α,β-unsaturated/α-hetero) is 1. The number of nitrogens with zero attached hydrogens (tertiary/aromatic N) is 3. The van der Waals surface area contributed by atoms with E-state index in [9.17, 15) is 14.0 Å². The Kier molecular flexibility index (Phi) is 7.65. The van der Waals surface area contributed by atoms with Gasteiger partial charge in [0.1, 0.15) is 5.82 Å². The molecule has 1 aliphatic carbocycles. The molecule has 1 aliphatic heterocycles. The SMILES string of the molecule is CCOC(=O)CCn1ccc(C=C2CN([C@@H](C(=O)C3CC3)c3ccccc3F)CCC2S)n1. The Hall–Kier alpha value is -2.45. The van der Waals surface area contributed by atoms with E-state index < -0.39 is 6.04 Å². The molecule has 0 radical (unpaired) electrons. The van der Waals surface area contributed by atoms with Crippen molar-refractivity contribution >= 4 is 30.5 Å². The largest absolute Gasteiger partial charge is 0.466 e. The summed E-state index contributed by atoms with van der Waals surface area (Å²) in [6, 6.07) is 7.90. The first-order valence-corrected chi connectivity index (χ1v) is 12.1. The molecule has 2 heterocycles. The molecular weight excluding hydrogens is 441 g/mol. The van der Waals surface area contributed by atoms with E-state index in [1.165, 1.54) is 6.07 Å². The van der Waals surface area contributed by atoms with Crippen molar-refractivity contribution in [1.82, 2.24) is 14.7 Å². The van der Waals surface area contributed by atoms with Gasteiger partial charge in [-0.05, 0) is 50.0 Å². The van der Waals surface area contributed by atoms with E-state index in [1.807, 2.05) is 18.3 Å². The second-order valence-corrected chi connectivity index (χ2v) is 9.28. The lowest BCUT2D eigenvalue weighted by molar-refractivity contribution is -0.143. The molecule has 6 nitrogen and oxygen atoms in total. The molecule has 33 heavy (non-hydrogen) atoms. The van der Waals surface area contributed by atoms with Crippen molar-refractivity contribution in [2.24, 2.45) is 5.92 Å². The summed E-state index contributed by atoms with van der Waals surface area (Å²) in [7, 11) is 0. The van der Waals surface area contributed by atoms with Crippen LogP contribution < -0.4 is 0 Å². The molecule has 4 rings (SSSR count). The van der Waals surface area contributed by atoms with Gasteiger partial charge >= 0.3 is 5.97 Å². The highest BCUT2D eigenvalue weighted by Gasteiger charge is 2.40. The number of ether oxygens (including phenoxy) is 1. The highest BCUT2D eigenvalue weighted by atomic mass is 32.1. The van der Waals surface area contributed by atoms with Crippen LogP contribution in [0.25, 0.3) is 6.08 Å². The number of likely N-dealkylation sites (tertiary alicyclic amines) is 1. The van der Waals surface area contributed by atoms with Crippen LogP contribution >= 0.6 is 12.6 Å².